The zero-order valence-corrected chi connectivity index (χ0v) is 12.9. The molecule has 0 fully saturated rings. The summed E-state index contributed by atoms with van der Waals surface area (Å²) in [7, 11) is 2.91. The lowest BCUT2D eigenvalue weighted by Gasteiger charge is -2.19. The van der Waals surface area contributed by atoms with Crippen molar-refractivity contribution in [3.8, 4) is 0 Å². The Hall–Kier alpha value is -1.40. The average Bonchev–Trinajstić information content (AvgIpc) is 2.36. The van der Waals surface area contributed by atoms with Crippen molar-refractivity contribution in [1.29, 1.82) is 0 Å². The molecule has 0 saturated heterocycles. The third kappa shape index (κ3) is 5.30. The van der Waals surface area contributed by atoms with Gasteiger partial charge in [-0.3, -0.25) is 0 Å². The highest BCUT2D eigenvalue weighted by Gasteiger charge is 2.21. The monoisotopic (exact) mass is 301 g/mol. The van der Waals surface area contributed by atoms with Gasteiger partial charge in [-0.25, -0.2) is 14.8 Å². The predicted molar refractivity (Wildman–Crippen MR) is 76.6 cm³/mol. The maximum Gasteiger partial charge on any atom is 0.328 e. The summed E-state index contributed by atoms with van der Waals surface area (Å²) in [6.45, 7) is 4.31. The van der Waals surface area contributed by atoms with E-state index in [9.17, 15) is 4.79 Å². The van der Waals surface area contributed by atoms with E-state index in [4.69, 9.17) is 21.1 Å². The first-order valence-corrected chi connectivity index (χ1v) is 6.70. The van der Waals surface area contributed by atoms with Crippen molar-refractivity contribution in [2.45, 2.75) is 32.9 Å². The van der Waals surface area contributed by atoms with Crippen molar-refractivity contribution in [3.05, 3.63) is 17.0 Å². The Morgan fingerprint density at radius 1 is 1.40 bits per heavy atom. The van der Waals surface area contributed by atoms with Crippen LogP contribution in [0.3, 0.4) is 0 Å². The topological polar surface area (TPSA) is 73.3 Å². The molecule has 1 heterocycles. The number of hydrogen-bond acceptors (Lipinski definition) is 6. The van der Waals surface area contributed by atoms with Gasteiger partial charge in [-0.1, -0.05) is 25.4 Å². The largest absolute Gasteiger partial charge is 0.467 e. The second-order valence-electron chi connectivity index (χ2n) is 4.77. The van der Waals surface area contributed by atoms with Gasteiger partial charge in [0.2, 0.25) is 0 Å². The van der Waals surface area contributed by atoms with E-state index in [-0.39, 0.29) is 12.6 Å². The first kappa shape index (κ1) is 16.7. The lowest BCUT2D eigenvalue weighted by atomic mass is 10.0. The van der Waals surface area contributed by atoms with Gasteiger partial charge in [-0.05, 0) is 12.3 Å². The molecule has 0 aliphatic rings. The SMILES string of the molecule is COCc1nc(Cl)cc(NC(CC(C)C)C(=O)OC)n1. The molecular formula is C13H20ClN3O3. The van der Waals surface area contributed by atoms with Crippen LogP contribution in [0.25, 0.3) is 0 Å². The van der Waals surface area contributed by atoms with Gasteiger partial charge in [0.25, 0.3) is 0 Å². The van der Waals surface area contributed by atoms with E-state index in [1.165, 1.54) is 7.11 Å². The molecule has 20 heavy (non-hydrogen) atoms. The summed E-state index contributed by atoms with van der Waals surface area (Å²) < 4.78 is 9.76. The van der Waals surface area contributed by atoms with Crippen molar-refractivity contribution in [2.24, 2.45) is 5.92 Å². The Kier molecular flexibility index (Phi) is 6.67. The average molecular weight is 302 g/mol. The molecule has 0 aliphatic carbocycles. The summed E-state index contributed by atoms with van der Waals surface area (Å²) >= 11 is 5.93. The van der Waals surface area contributed by atoms with Gasteiger partial charge in [0.15, 0.2) is 5.82 Å². The normalized spacial score (nSPS) is 12.3. The molecule has 1 N–H and O–H groups in total. The number of methoxy groups -OCH3 is 2. The molecule has 0 amide bonds. The molecule has 0 aromatic carbocycles. The van der Waals surface area contributed by atoms with Crippen molar-refractivity contribution in [1.82, 2.24) is 9.97 Å². The van der Waals surface area contributed by atoms with Gasteiger partial charge >= 0.3 is 5.97 Å². The molecule has 6 nitrogen and oxygen atoms in total. The number of esters is 1. The highest BCUT2D eigenvalue weighted by molar-refractivity contribution is 6.29. The van der Waals surface area contributed by atoms with Crippen LogP contribution in [0.2, 0.25) is 5.15 Å². The number of carbonyl (C=O) groups excluding carboxylic acids is 1. The van der Waals surface area contributed by atoms with E-state index in [0.717, 1.165) is 0 Å². The fourth-order valence-electron chi connectivity index (χ4n) is 1.74. The second kappa shape index (κ2) is 8.01. The maximum absolute atomic E-state index is 11.8. The Morgan fingerprint density at radius 2 is 2.10 bits per heavy atom. The zero-order chi connectivity index (χ0) is 15.1. The number of halogens is 1. The van der Waals surface area contributed by atoms with E-state index < -0.39 is 6.04 Å². The molecule has 1 atom stereocenters. The molecule has 0 aliphatic heterocycles. The van der Waals surface area contributed by atoms with Crippen LogP contribution in [0, 0.1) is 5.92 Å². The van der Waals surface area contributed by atoms with E-state index in [2.05, 4.69) is 15.3 Å². The Balaban J connectivity index is 2.89. The van der Waals surface area contributed by atoms with Crippen LogP contribution in [0.15, 0.2) is 6.07 Å². The number of carbonyl (C=O) groups is 1. The molecule has 0 bridgehead atoms. The summed E-state index contributed by atoms with van der Waals surface area (Å²) in [5, 5.41) is 3.33. The standard InChI is InChI=1S/C13H20ClN3O3/c1-8(2)5-9(13(18)20-4)15-11-6-10(14)16-12(17-11)7-19-3/h6,8-9H,5,7H2,1-4H3,(H,15,16,17). The van der Waals surface area contributed by atoms with Gasteiger partial charge in [0.05, 0.1) is 7.11 Å². The summed E-state index contributed by atoms with van der Waals surface area (Å²) in [5.41, 5.74) is 0. The molecular weight excluding hydrogens is 282 g/mol. The van der Waals surface area contributed by atoms with Gasteiger partial charge < -0.3 is 14.8 Å². The number of nitrogens with zero attached hydrogens (tertiary/aromatic N) is 2. The zero-order valence-electron chi connectivity index (χ0n) is 12.1. The van der Waals surface area contributed by atoms with E-state index >= 15 is 0 Å². The van der Waals surface area contributed by atoms with Crippen LogP contribution in [-0.4, -0.2) is 36.2 Å². The number of rotatable bonds is 7. The fraction of sp³-hybridized carbons (Fsp3) is 0.615. The van der Waals surface area contributed by atoms with Crippen molar-refractivity contribution in [2.75, 3.05) is 19.5 Å². The maximum atomic E-state index is 11.8. The quantitative estimate of drug-likeness (QED) is 0.615. The summed E-state index contributed by atoms with van der Waals surface area (Å²) in [5.74, 6) is 0.938. The summed E-state index contributed by atoms with van der Waals surface area (Å²) in [6.07, 6.45) is 0.633. The predicted octanol–water partition coefficient (Wildman–Crippen LogP) is 2.28. The van der Waals surface area contributed by atoms with E-state index in [0.29, 0.717) is 29.1 Å². The van der Waals surface area contributed by atoms with Crippen molar-refractivity contribution in [3.63, 3.8) is 0 Å². The number of nitrogens with one attached hydrogen (secondary N) is 1. The second-order valence-corrected chi connectivity index (χ2v) is 5.16. The lowest BCUT2D eigenvalue weighted by Crippen LogP contribution is -2.32. The Bertz CT molecular complexity index is 454. The first-order valence-electron chi connectivity index (χ1n) is 6.33. The molecule has 7 heteroatoms. The van der Waals surface area contributed by atoms with E-state index in [1.807, 2.05) is 13.8 Å². The smallest absolute Gasteiger partial charge is 0.328 e. The molecule has 0 radical (unpaired) electrons. The molecule has 1 aromatic heterocycles. The van der Waals surface area contributed by atoms with Crippen LogP contribution in [0.1, 0.15) is 26.1 Å². The van der Waals surface area contributed by atoms with Gasteiger partial charge in [0, 0.05) is 13.2 Å². The third-order valence-electron chi connectivity index (χ3n) is 2.53. The highest BCUT2D eigenvalue weighted by atomic mass is 35.5. The van der Waals surface area contributed by atoms with Crippen LogP contribution in [-0.2, 0) is 20.9 Å². The van der Waals surface area contributed by atoms with Crippen molar-refractivity contribution >= 4 is 23.4 Å². The van der Waals surface area contributed by atoms with Crippen LogP contribution in [0.5, 0.6) is 0 Å². The van der Waals surface area contributed by atoms with Crippen LogP contribution in [0.4, 0.5) is 5.82 Å². The van der Waals surface area contributed by atoms with Crippen LogP contribution >= 0.6 is 11.6 Å². The molecule has 0 saturated carbocycles. The molecule has 112 valence electrons. The highest BCUT2D eigenvalue weighted by Crippen LogP contribution is 2.16. The summed E-state index contributed by atoms with van der Waals surface area (Å²) in [6, 6.07) is 1.10. The van der Waals surface area contributed by atoms with Gasteiger partial charge in [-0.2, -0.15) is 0 Å². The first-order chi connectivity index (χ1) is 9.46. The Labute approximate surface area is 123 Å². The Morgan fingerprint density at radius 3 is 2.65 bits per heavy atom. The van der Waals surface area contributed by atoms with Gasteiger partial charge in [0.1, 0.15) is 23.6 Å². The van der Waals surface area contributed by atoms with Gasteiger partial charge in [-0.15, -0.1) is 0 Å². The fourth-order valence-corrected chi connectivity index (χ4v) is 1.94. The third-order valence-corrected chi connectivity index (χ3v) is 2.72. The number of aromatic nitrogens is 2. The molecule has 1 rings (SSSR count). The van der Waals surface area contributed by atoms with E-state index in [1.54, 1.807) is 13.2 Å². The number of anilines is 1. The molecule has 0 spiro atoms. The lowest BCUT2D eigenvalue weighted by molar-refractivity contribution is -0.141. The number of hydrogen-bond donors (Lipinski definition) is 1. The minimum atomic E-state index is -0.471. The number of ether oxygens (including phenoxy) is 2. The summed E-state index contributed by atoms with van der Waals surface area (Å²) in [4.78, 5) is 20.0. The minimum Gasteiger partial charge on any atom is -0.467 e. The van der Waals surface area contributed by atoms with Crippen LogP contribution < -0.4 is 5.32 Å². The van der Waals surface area contributed by atoms with Crippen molar-refractivity contribution < 1.29 is 14.3 Å². The molecule has 1 unspecified atom stereocenters. The molecule has 1 aromatic rings. The minimum absolute atomic E-state index is 0.252.